The van der Waals surface area contributed by atoms with Gasteiger partial charge in [0.15, 0.2) is 0 Å². The molecule has 32 heavy (non-hydrogen) atoms. The van der Waals surface area contributed by atoms with Gasteiger partial charge in [-0.2, -0.15) is 0 Å². The second-order valence-corrected chi connectivity index (χ2v) is 8.32. The first-order chi connectivity index (χ1) is 15.5. The lowest BCUT2D eigenvalue weighted by Crippen LogP contribution is -2.45. The number of ether oxygens (including phenoxy) is 1. The van der Waals surface area contributed by atoms with Gasteiger partial charge in [0.2, 0.25) is 5.95 Å². The van der Waals surface area contributed by atoms with Crippen molar-refractivity contribution in [2.75, 3.05) is 25.1 Å². The van der Waals surface area contributed by atoms with Gasteiger partial charge in [-0.15, -0.1) is 0 Å². The Bertz CT molecular complexity index is 1050. The number of hydrogen-bond acceptors (Lipinski definition) is 6. The second-order valence-electron chi connectivity index (χ2n) is 8.32. The van der Waals surface area contributed by atoms with E-state index in [2.05, 4.69) is 34.0 Å². The van der Waals surface area contributed by atoms with Gasteiger partial charge in [-0.25, -0.2) is 9.97 Å². The van der Waals surface area contributed by atoms with E-state index >= 15 is 0 Å². The number of rotatable bonds is 6. The Morgan fingerprint density at radius 1 is 1.09 bits per heavy atom. The van der Waals surface area contributed by atoms with Crippen LogP contribution in [0.2, 0.25) is 0 Å². The van der Waals surface area contributed by atoms with Gasteiger partial charge in [-0.1, -0.05) is 13.8 Å². The van der Waals surface area contributed by atoms with E-state index in [1.807, 2.05) is 18.3 Å². The summed E-state index contributed by atoms with van der Waals surface area (Å²) in [6, 6.07) is 11.3. The number of methoxy groups -OCH3 is 1. The van der Waals surface area contributed by atoms with Crippen molar-refractivity contribution in [3.63, 3.8) is 0 Å². The van der Waals surface area contributed by atoms with Gasteiger partial charge >= 0.3 is 0 Å². The van der Waals surface area contributed by atoms with Gasteiger partial charge in [0.05, 0.1) is 12.8 Å². The number of hydrogen-bond donors (Lipinski definition) is 1. The highest BCUT2D eigenvalue weighted by Crippen LogP contribution is 2.29. The van der Waals surface area contributed by atoms with Crippen LogP contribution in [0.25, 0.3) is 11.1 Å². The van der Waals surface area contributed by atoms with Crippen LogP contribution in [0.15, 0.2) is 55.0 Å². The highest BCUT2D eigenvalue weighted by molar-refractivity contribution is 5.94. The lowest BCUT2D eigenvalue weighted by atomic mass is 10.00. The summed E-state index contributed by atoms with van der Waals surface area (Å²) >= 11 is 0. The molecule has 1 aliphatic heterocycles. The number of amides is 1. The minimum absolute atomic E-state index is 0.0499. The zero-order chi connectivity index (χ0) is 22.5. The maximum absolute atomic E-state index is 12.6. The van der Waals surface area contributed by atoms with Gasteiger partial charge in [0.1, 0.15) is 5.75 Å². The molecule has 1 aromatic carbocycles. The first-order valence-electron chi connectivity index (χ1n) is 11.0. The van der Waals surface area contributed by atoms with Gasteiger partial charge in [0.25, 0.3) is 5.91 Å². The van der Waals surface area contributed by atoms with Crippen molar-refractivity contribution in [3.8, 4) is 16.9 Å². The summed E-state index contributed by atoms with van der Waals surface area (Å²) in [5, 5.41) is 3.15. The molecular weight excluding hydrogens is 402 g/mol. The van der Waals surface area contributed by atoms with Crippen LogP contribution in [-0.4, -0.2) is 47.1 Å². The van der Waals surface area contributed by atoms with E-state index in [0.717, 1.165) is 54.4 Å². The maximum Gasteiger partial charge on any atom is 0.251 e. The molecular formula is C25H29N5O2. The Balaban J connectivity index is 1.40. The number of aromatic nitrogens is 3. The number of piperidine rings is 1. The van der Waals surface area contributed by atoms with Crippen LogP contribution in [0.4, 0.5) is 5.95 Å². The van der Waals surface area contributed by atoms with E-state index in [0.29, 0.717) is 5.56 Å². The summed E-state index contributed by atoms with van der Waals surface area (Å²) < 4.78 is 5.16. The molecule has 166 valence electrons. The van der Waals surface area contributed by atoms with Crippen LogP contribution in [0, 0.1) is 0 Å². The van der Waals surface area contributed by atoms with E-state index < -0.39 is 0 Å². The van der Waals surface area contributed by atoms with Crippen molar-refractivity contribution in [3.05, 3.63) is 66.2 Å². The quantitative estimate of drug-likeness (QED) is 0.634. The lowest BCUT2D eigenvalue weighted by molar-refractivity contribution is 0.0931. The van der Waals surface area contributed by atoms with E-state index in [9.17, 15) is 4.79 Å². The Morgan fingerprint density at radius 2 is 1.78 bits per heavy atom. The molecule has 7 heteroatoms. The third kappa shape index (κ3) is 4.88. The minimum atomic E-state index is -0.0499. The fraction of sp³-hybridized carbons (Fsp3) is 0.360. The first-order valence-corrected chi connectivity index (χ1v) is 11.0. The Kier molecular flexibility index (Phi) is 6.63. The average Bonchev–Trinajstić information content (AvgIpc) is 2.84. The van der Waals surface area contributed by atoms with Crippen molar-refractivity contribution in [1.82, 2.24) is 20.3 Å². The fourth-order valence-corrected chi connectivity index (χ4v) is 3.97. The van der Waals surface area contributed by atoms with Crippen molar-refractivity contribution in [1.29, 1.82) is 0 Å². The predicted molar refractivity (Wildman–Crippen MR) is 125 cm³/mol. The molecule has 0 bridgehead atoms. The minimum Gasteiger partial charge on any atom is -0.497 e. The molecule has 1 N–H and O–H groups in total. The van der Waals surface area contributed by atoms with Crippen LogP contribution < -0.4 is 15.0 Å². The van der Waals surface area contributed by atoms with E-state index in [1.165, 1.54) is 0 Å². The normalized spacial score (nSPS) is 14.4. The molecule has 0 spiro atoms. The molecule has 4 rings (SSSR count). The molecule has 0 atom stereocenters. The lowest BCUT2D eigenvalue weighted by Gasteiger charge is -2.32. The summed E-state index contributed by atoms with van der Waals surface area (Å²) in [4.78, 5) is 28.5. The van der Waals surface area contributed by atoms with Crippen LogP contribution in [0.3, 0.4) is 0 Å². The third-order valence-electron chi connectivity index (χ3n) is 5.81. The third-order valence-corrected chi connectivity index (χ3v) is 5.81. The monoisotopic (exact) mass is 431 g/mol. The zero-order valence-electron chi connectivity index (χ0n) is 18.8. The van der Waals surface area contributed by atoms with Gasteiger partial charge < -0.3 is 15.0 Å². The SMILES string of the molecule is COc1ccc(C(=O)NC2CCN(c3ncc(-c4ccncc4)c(C(C)C)n3)CC2)cc1. The smallest absolute Gasteiger partial charge is 0.251 e. The van der Waals surface area contributed by atoms with Crippen LogP contribution in [0.1, 0.15) is 48.7 Å². The number of pyridine rings is 1. The number of benzene rings is 1. The Morgan fingerprint density at radius 3 is 2.41 bits per heavy atom. The summed E-state index contributed by atoms with van der Waals surface area (Å²) in [5.41, 5.74) is 3.81. The van der Waals surface area contributed by atoms with Crippen LogP contribution in [-0.2, 0) is 0 Å². The molecule has 0 unspecified atom stereocenters. The molecule has 3 aromatic rings. The van der Waals surface area contributed by atoms with E-state index in [1.54, 1.807) is 43.8 Å². The molecule has 3 heterocycles. The molecule has 1 aliphatic rings. The van der Waals surface area contributed by atoms with Gasteiger partial charge in [0, 0.05) is 48.8 Å². The van der Waals surface area contributed by atoms with Crippen molar-refractivity contribution >= 4 is 11.9 Å². The molecule has 1 saturated heterocycles. The predicted octanol–water partition coefficient (Wildman–Crippen LogP) is 4.07. The highest BCUT2D eigenvalue weighted by Gasteiger charge is 2.24. The molecule has 1 amide bonds. The number of carbonyl (C=O) groups is 1. The number of carbonyl (C=O) groups excluding carboxylic acids is 1. The van der Waals surface area contributed by atoms with Crippen LogP contribution in [0.5, 0.6) is 5.75 Å². The fourth-order valence-electron chi connectivity index (χ4n) is 3.97. The highest BCUT2D eigenvalue weighted by atomic mass is 16.5. The van der Waals surface area contributed by atoms with E-state index in [4.69, 9.17) is 9.72 Å². The van der Waals surface area contributed by atoms with Crippen molar-refractivity contribution in [2.24, 2.45) is 0 Å². The Hall–Kier alpha value is -3.48. The average molecular weight is 432 g/mol. The second kappa shape index (κ2) is 9.77. The summed E-state index contributed by atoms with van der Waals surface area (Å²) in [7, 11) is 1.61. The van der Waals surface area contributed by atoms with Gasteiger partial charge in [-0.3, -0.25) is 9.78 Å². The zero-order valence-corrected chi connectivity index (χ0v) is 18.8. The summed E-state index contributed by atoms with van der Waals surface area (Å²) in [6.07, 6.45) is 7.21. The largest absolute Gasteiger partial charge is 0.497 e. The summed E-state index contributed by atoms with van der Waals surface area (Å²) in [5.74, 6) is 1.73. The molecule has 0 aliphatic carbocycles. The first kappa shape index (κ1) is 21.7. The van der Waals surface area contributed by atoms with Crippen molar-refractivity contribution < 1.29 is 9.53 Å². The summed E-state index contributed by atoms with van der Waals surface area (Å²) in [6.45, 7) is 5.91. The van der Waals surface area contributed by atoms with Crippen molar-refractivity contribution in [2.45, 2.75) is 38.6 Å². The molecule has 0 radical (unpaired) electrons. The molecule has 1 fully saturated rings. The molecule has 7 nitrogen and oxygen atoms in total. The number of nitrogens with one attached hydrogen (secondary N) is 1. The Labute approximate surface area is 188 Å². The van der Waals surface area contributed by atoms with Gasteiger partial charge in [-0.05, 0) is 60.7 Å². The number of nitrogens with zero attached hydrogens (tertiary/aromatic N) is 4. The topological polar surface area (TPSA) is 80.2 Å². The maximum atomic E-state index is 12.6. The number of anilines is 1. The molecule has 0 saturated carbocycles. The van der Waals surface area contributed by atoms with Crippen LogP contribution >= 0.6 is 0 Å². The van der Waals surface area contributed by atoms with E-state index in [-0.39, 0.29) is 17.9 Å². The standard InChI is InChI=1S/C25H29N5O2/c1-17(2)23-22(18-8-12-26-13-9-18)16-27-25(29-23)30-14-10-20(11-15-30)28-24(31)19-4-6-21(32-3)7-5-19/h4-9,12-13,16-17,20H,10-11,14-15H2,1-3H3,(H,28,31). The molecule has 2 aromatic heterocycles.